The summed E-state index contributed by atoms with van der Waals surface area (Å²) < 4.78 is 28.2. The Morgan fingerprint density at radius 2 is 1.96 bits per heavy atom. The highest BCUT2D eigenvalue weighted by atomic mass is 32.2. The van der Waals surface area contributed by atoms with E-state index in [1.54, 1.807) is 16.5 Å². The van der Waals surface area contributed by atoms with E-state index in [0.29, 0.717) is 26.1 Å². The summed E-state index contributed by atoms with van der Waals surface area (Å²) in [4.78, 5) is 25.9. The Bertz CT molecular complexity index is 820. The van der Waals surface area contributed by atoms with Crippen LogP contribution in [0.1, 0.15) is 16.9 Å². The number of carbonyl (C=O) groups excluding carboxylic acids is 1. The number of hydrogen-bond donors (Lipinski definition) is 0. The normalized spacial score (nSPS) is 16.8. The molecule has 0 aliphatic carbocycles. The Balaban J connectivity index is 1.72. The molecule has 0 bridgehead atoms. The lowest BCUT2D eigenvalue weighted by molar-refractivity contribution is 0.0758. The summed E-state index contributed by atoms with van der Waals surface area (Å²) in [6, 6.07) is 0. The third kappa shape index (κ3) is 3.29. The summed E-state index contributed by atoms with van der Waals surface area (Å²) in [6.45, 7) is 1.36. The van der Waals surface area contributed by atoms with E-state index < -0.39 is 10.0 Å². The predicted octanol–water partition coefficient (Wildman–Crippen LogP) is -0.253. The largest absolute Gasteiger partial charge is 0.339 e. The highest BCUT2D eigenvalue weighted by molar-refractivity contribution is 7.89. The highest BCUT2D eigenvalue weighted by Gasteiger charge is 2.30. The maximum absolute atomic E-state index is 12.6. The third-order valence-corrected chi connectivity index (χ3v) is 5.59. The van der Waals surface area contributed by atoms with Gasteiger partial charge >= 0.3 is 0 Å². The maximum Gasteiger partial charge on any atom is 0.274 e. The van der Waals surface area contributed by atoms with E-state index in [9.17, 15) is 13.2 Å². The molecular formula is C14H18N6O3S. The lowest BCUT2D eigenvalue weighted by atomic mass is 10.3. The minimum Gasteiger partial charge on any atom is -0.339 e. The first-order valence-corrected chi connectivity index (χ1v) is 8.96. The molecule has 24 heavy (non-hydrogen) atoms. The van der Waals surface area contributed by atoms with Crippen LogP contribution < -0.4 is 0 Å². The molecule has 1 aliphatic heterocycles. The molecule has 10 heteroatoms. The second kappa shape index (κ2) is 6.65. The highest BCUT2D eigenvalue weighted by Crippen LogP contribution is 2.16. The maximum atomic E-state index is 12.6. The monoisotopic (exact) mass is 350 g/mol. The smallest absolute Gasteiger partial charge is 0.274 e. The van der Waals surface area contributed by atoms with Crippen molar-refractivity contribution in [3.63, 3.8) is 0 Å². The molecule has 0 atom stereocenters. The molecule has 1 amide bonds. The summed E-state index contributed by atoms with van der Waals surface area (Å²) in [6.07, 6.45) is 7.86. The van der Waals surface area contributed by atoms with E-state index in [4.69, 9.17) is 0 Å². The molecule has 0 radical (unpaired) electrons. The summed E-state index contributed by atoms with van der Waals surface area (Å²) in [7, 11) is -1.92. The van der Waals surface area contributed by atoms with Gasteiger partial charge in [0.05, 0.1) is 12.5 Å². The predicted molar refractivity (Wildman–Crippen MR) is 84.5 cm³/mol. The zero-order valence-electron chi connectivity index (χ0n) is 13.2. The molecular weight excluding hydrogens is 332 g/mol. The number of carbonyl (C=O) groups is 1. The van der Waals surface area contributed by atoms with Gasteiger partial charge in [0.25, 0.3) is 15.9 Å². The van der Waals surface area contributed by atoms with Crippen molar-refractivity contribution in [3.8, 4) is 0 Å². The third-order valence-electron chi connectivity index (χ3n) is 3.81. The first-order chi connectivity index (χ1) is 11.5. The van der Waals surface area contributed by atoms with Crippen molar-refractivity contribution >= 4 is 15.9 Å². The van der Waals surface area contributed by atoms with Gasteiger partial charge in [-0.25, -0.2) is 18.4 Å². The van der Waals surface area contributed by atoms with E-state index in [1.807, 2.05) is 0 Å². The standard InChI is InChI=1S/C14H18N6O3S/c1-18-10-13(17-11-18)24(22,23)20-6-2-5-19(7-8-20)14(21)12-9-15-3-4-16-12/h3-4,9-11H,2,5-8H2,1H3. The molecule has 9 nitrogen and oxygen atoms in total. The number of nitrogens with zero attached hydrogens (tertiary/aromatic N) is 6. The first-order valence-electron chi connectivity index (χ1n) is 7.52. The summed E-state index contributed by atoms with van der Waals surface area (Å²) in [5, 5.41) is 0.0266. The number of amides is 1. The summed E-state index contributed by atoms with van der Waals surface area (Å²) >= 11 is 0. The fourth-order valence-electron chi connectivity index (χ4n) is 2.56. The molecule has 2 aromatic heterocycles. The van der Waals surface area contributed by atoms with Gasteiger partial charge in [-0.2, -0.15) is 4.31 Å². The fraction of sp³-hybridized carbons (Fsp3) is 0.429. The van der Waals surface area contributed by atoms with Crippen LogP contribution in [0.4, 0.5) is 0 Å². The van der Waals surface area contributed by atoms with Gasteiger partial charge in [0.1, 0.15) is 5.69 Å². The molecule has 1 saturated heterocycles. The molecule has 0 unspecified atom stereocenters. The van der Waals surface area contributed by atoms with E-state index in [1.165, 1.54) is 35.4 Å². The van der Waals surface area contributed by atoms with Crippen molar-refractivity contribution < 1.29 is 13.2 Å². The zero-order chi connectivity index (χ0) is 17.2. The topological polar surface area (TPSA) is 101 Å². The molecule has 1 fully saturated rings. The van der Waals surface area contributed by atoms with Crippen molar-refractivity contribution in [3.05, 3.63) is 36.8 Å². The van der Waals surface area contributed by atoms with Crippen molar-refractivity contribution in [1.82, 2.24) is 28.7 Å². The number of aromatic nitrogens is 4. The Morgan fingerprint density at radius 3 is 2.62 bits per heavy atom. The Morgan fingerprint density at radius 1 is 1.12 bits per heavy atom. The van der Waals surface area contributed by atoms with Gasteiger partial charge in [-0.15, -0.1) is 0 Å². The number of imidazole rings is 1. The molecule has 3 heterocycles. The Labute approximate surface area is 140 Å². The van der Waals surface area contributed by atoms with E-state index in [0.717, 1.165) is 0 Å². The van der Waals surface area contributed by atoms with Crippen molar-refractivity contribution in [2.75, 3.05) is 26.2 Å². The van der Waals surface area contributed by atoms with Crippen LogP contribution in [0.3, 0.4) is 0 Å². The Kier molecular flexibility index (Phi) is 4.58. The molecule has 128 valence electrons. The molecule has 0 aromatic carbocycles. The van der Waals surface area contributed by atoms with Crippen LogP contribution in [0.2, 0.25) is 0 Å². The molecule has 0 spiro atoms. The quantitative estimate of drug-likeness (QED) is 0.756. The van der Waals surface area contributed by atoms with Crippen LogP contribution in [0.5, 0.6) is 0 Å². The SMILES string of the molecule is Cn1cnc(S(=O)(=O)N2CCCN(C(=O)c3cnccn3)CC2)c1. The molecule has 0 saturated carbocycles. The zero-order valence-corrected chi connectivity index (χ0v) is 14.1. The molecule has 2 aromatic rings. The second-order valence-corrected chi connectivity index (χ2v) is 7.40. The molecule has 1 aliphatic rings. The number of hydrogen-bond acceptors (Lipinski definition) is 6. The fourth-order valence-corrected chi connectivity index (χ4v) is 4.00. The molecule has 3 rings (SSSR count). The first kappa shape index (κ1) is 16.5. The van der Waals surface area contributed by atoms with Gasteiger partial charge in [0.15, 0.2) is 5.03 Å². The van der Waals surface area contributed by atoms with Crippen LogP contribution in [0, 0.1) is 0 Å². The average molecular weight is 350 g/mol. The second-order valence-electron chi connectivity index (χ2n) is 5.52. The number of sulfonamides is 1. The minimum atomic E-state index is -3.64. The Hall–Kier alpha value is -2.33. The lowest BCUT2D eigenvalue weighted by Crippen LogP contribution is -2.37. The van der Waals surface area contributed by atoms with Gasteiger partial charge in [-0.05, 0) is 6.42 Å². The summed E-state index contributed by atoms with van der Waals surface area (Å²) in [5.41, 5.74) is 0.263. The van der Waals surface area contributed by atoms with Crippen molar-refractivity contribution in [2.45, 2.75) is 11.4 Å². The molecule has 0 N–H and O–H groups in total. The van der Waals surface area contributed by atoms with Gasteiger partial charge in [-0.1, -0.05) is 0 Å². The number of rotatable bonds is 3. The number of aryl methyl sites for hydroxylation is 1. The van der Waals surface area contributed by atoms with Gasteiger partial charge in [-0.3, -0.25) is 9.78 Å². The average Bonchev–Trinajstić information content (AvgIpc) is 2.88. The minimum absolute atomic E-state index is 0.0266. The lowest BCUT2D eigenvalue weighted by Gasteiger charge is -2.20. The van der Waals surface area contributed by atoms with Crippen LogP contribution in [0.25, 0.3) is 0 Å². The van der Waals surface area contributed by atoms with E-state index >= 15 is 0 Å². The van der Waals surface area contributed by atoms with Gasteiger partial charge in [0.2, 0.25) is 0 Å². The van der Waals surface area contributed by atoms with Crippen LogP contribution >= 0.6 is 0 Å². The van der Waals surface area contributed by atoms with Crippen LogP contribution in [-0.4, -0.2) is 69.2 Å². The van der Waals surface area contributed by atoms with Crippen LogP contribution in [0.15, 0.2) is 36.1 Å². The van der Waals surface area contributed by atoms with E-state index in [-0.39, 0.29) is 23.2 Å². The summed E-state index contributed by atoms with van der Waals surface area (Å²) in [5.74, 6) is -0.236. The van der Waals surface area contributed by atoms with Gasteiger partial charge < -0.3 is 9.47 Å². The van der Waals surface area contributed by atoms with Gasteiger partial charge in [0, 0.05) is 51.8 Å². The van der Waals surface area contributed by atoms with E-state index in [2.05, 4.69) is 15.0 Å². The van der Waals surface area contributed by atoms with Crippen molar-refractivity contribution in [2.24, 2.45) is 7.05 Å². The van der Waals surface area contributed by atoms with Crippen LogP contribution in [-0.2, 0) is 17.1 Å². The van der Waals surface area contributed by atoms with Crippen molar-refractivity contribution in [1.29, 1.82) is 0 Å².